The summed E-state index contributed by atoms with van der Waals surface area (Å²) in [6.45, 7) is 0. The third-order valence-electron chi connectivity index (χ3n) is 3.72. The average Bonchev–Trinajstić information content (AvgIpc) is 3.00. The second-order valence-corrected chi connectivity index (χ2v) is 5.98. The number of halogens is 4. The fourth-order valence-corrected chi connectivity index (χ4v) is 2.78. The molecule has 0 saturated heterocycles. The number of aryl methyl sites for hydroxylation is 1. The molecule has 0 spiro atoms. The van der Waals surface area contributed by atoms with E-state index in [-0.39, 0.29) is 11.1 Å². The van der Waals surface area contributed by atoms with Gasteiger partial charge >= 0.3 is 6.36 Å². The highest BCUT2D eigenvalue weighted by Crippen LogP contribution is 2.34. The molecule has 3 aromatic rings. The molecule has 1 unspecified atom stereocenters. The molecule has 1 aromatic heterocycles. The van der Waals surface area contributed by atoms with Gasteiger partial charge in [-0.2, -0.15) is 0 Å². The van der Waals surface area contributed by atoms with Gasteiger partial charge in [0, 0.05) is 25.1 Å². The number of imidazole rings is 1. The molecule has 3 rings (SSSR count). The molecule has 8 heteroatoms. The van der Waals surface area contributed by atoms with Gasteiger partial charge in [0.2, 0.25) is 0 Å². The molecule has 4 nitrogen and oxygen atoms in total. The standard InChI is InChI=1S/C18H15ClF3N3O/c1-25-10-9-23-17(25)16(12-5-3-2-4-6-12)24-13-7-8-15(14(19)11-13)26-18(20,21)22/h2-11,16,24H,1H3. The number of ether oxygens (including phenoxy) is 1. The van der Waals surface area contributed by atoms with Crippen molar-refractivity contribution >= 4 is 17.3 Å². The monoisotopic (exact) mass is 381 g/mol. The van der Waals surface area contributed by atoms with Crippen molar-refractivity contribution < 1.29 is 17.9 Å². The van der Waals surface area contributed by atoms with E-state index in [0.717, 1.165) is 11.4 Å². The van der Waals surface area contributed by atoms with Gasteiger partial charge in [-0.25, -0.2) is 4.98 Å². The van der Waals surface area contributed by atoms with E-state index in [1.54, 1.807) is 6.20 Å². The summed E-state index contributed by atoms with van der Waals surface area (Å²) in [4.78, 5) is 4.37. The van der Waals surface area contributed by atoms with Crippen LogP contribution in [0.2, 0.25) is 5.02 Å². The molecule has 26 heavy (non-hydrogen) atoms. The minimum atomic E-state index is -4.79. The van der Waals surface area contributed by atoms with Crippen LogP contribution in [0.4, 0.5) is 18.9 Å². The molecule has 0 aliphatic carbocycles. The van der Waals surface area contributed by atoms with Crippen molar-refractivity contribution in [3.05, 3.63) is 77.3 Å². The quantitative estimate of drug-likeness (QED) is 0.662. The van der Waals surface area contributed by atoms with Gasteiger partial charge in [-0.15, -0.1) is 13.2 Å². The number of benzene rings is 2. The Labute approximate surface area is 153 Å². The molecule has 2 aromatic carbocycles. The summed E-state index contributed by atoms with van der Waals surface area (Å²) in [6.07, 6.45) is -1.29. The summed E-state index contributed by atoms with van der Waals surface area (Å²) in [5.41, 5.74) is 1.50. The Morgan fingerprint density at radius 2 is 1.88 bits per heavy atom. The minimum Gasteiger partial charge on any atom is -0.404 e. The van der Waals surface area contributed by atoms with Crippen LogP contribution >= 0.6 is 11.6 Å². The second kappa shape index (κ2) is 7.29. The van der Waals surface area contributed by atoms with Crippen LogP contribution in [0, 0.1) is 0 Å². The largest absolute Gasteiger partial charge is 0.573 e. The first-order valence-corrected chi connectivity index (χ1v) is 8.05. The zero-order valence-electron chi connectivity index (χ0n) is 13.7. The van der Waals surface area contributed by atoms with Gasteiger partial charge in [0.15, 0.2) is 0 Å². The van der Waals surface area contributed by atoms with Gasteiger partial charge in [-0.05, 0) is 23.8 Å². The van der Waals surface area contributed by atoms with Gasteiger partial charge < -0.3 is 14.6 Å². The number of aromatic nitrogens is 2. The maximum Gasteiger partial charge on any atom is 0.573 e. The molecule has 0 saturated carbocycles. The number of anilines is 1. The Balaban J connectivity index is 1.91. The van der Waals surface area contributed by atoms with E-state index in [1.165, 1.54) is 18.2 Å². The number of alkyl halides is 3. The highest BCUT2D eigenvalue weighted by Gasteiger charge is 2.32. The molecule has 1 N–H and O–H groups in total. The van der Waals surface area contributed by atoms with Gasteiger partial charge in [-0.3, -0.25) is 0 Å². The lowest BCUT2D eigenvalue weighted by atomic mass is 10.1. The van der Waals surface area contributed by atoms with Gasteiger partial charge in [0.1, 0.15) is 17.6 Å². The van der Waals surface area contributed by atoms with Gasteiger partial charge in [0.05, 0.1) is 5.02 Å². The highest BCUT2D eigenvalue weighted by atomic mass is 35.5. The Hall–Kier alpha value is -2.67. The number of hydrogen-bond donors (Lipinski definition) is 1. The molecule has 0 aliphatic rings. The molecule has 1 heterocycles. The molecule has 0 bridgehead atoms. The third-order valence-corrected chi connectivity index (χ3v) is 4.01. The van der Waals surface area contributed by atoms with Crippen LogP contribution in [0.15, 0.2) is 60.9 Å². The molecule has 0 fully saturated rings. The number of hydrogen-bond acceptors (Lipinski definition) is 3. The molecule has 136 valence electrons. The second-order valence-electron chi connectivity index (χ2n) is 5.58. The van der Waals surface area contributed by atoms with Crippen LogP contribution in [0.1, 0.15) is 17.4 Å². The normalized spacial score (nSPS) is 12.7. The van der Waals surface area contributed by atoms with E-state index in [9.17, 15) is 13.2 Å². The fraction of sp³-hybridized carbons (Fsp3) is 0.167. The van der Waals surface area contributed by atoms with Gasteiger partial charge in [0.25, 0.3) is 0 Å². The Bertz CT molecular complexity index is 881. The summed E-state index contributed by atoms with van der Waals surface area (Å²) in [7, 11) is 1.87. The molecular formula is C18H15ClF3N3O. The first kappa shape index (κ1) is 18.1. The van der Waals surface area contributed by atoms with Gasteiger partial charge in [-0.1, -0.05) is 41.9 Å². The summed E-state index contributed by atoms with van der Waals surface area (Å²) in [6, 6.07) is 13.3. The van der Waals surface area contributed by atoms with Crippen molar-refractivity contribution in [1.82, 2.24) is 9.55 Å². The maximum atomic E-state index is 12.4. The van der Waals surface area contributed by atoms with Crippen molar-refractivity contribution in [2.24, 2.45) is 7.05 Å². The summed E-state index contributed by atoms with van der Waals surface area (Å²) in [5, 5.41) is 3.12. The van der Waals surface area contributed by atoms with E-state index in [4.69, 9.17) is 11.6 Å². The first-order valence-electron chi connectivity index (χ1n) is 7.67. The number of rotatable bonds is 5. The third kappa shape index (κ3) is 4.29. The molecule has 0 radical (unpaired) electrons. The van der Waals surface area contributed by atoms with Crippen LogP contribution in [-0.4, -0.2) is 15.9 Å². The zero-order valence-corrected chi connectivity index (χ0v) is 14.4. The van der Waals surface area contributed by atoms with Crippen molar-refractivity contribution in [3.63, 3.8) is 0 Å². The molecular weight excluding hydrogens is 367 g/mol. The topological polar surface area (TPSA) is 39.1 Å². The fourth-order valence-electron chi connectivity index (χ4n) is 2.56. The van der Waals surface area contributed by atoms with E-state index in [1.807, 2.05) is 48.1 Å². The SMILES string of the molecule is Cn1ccnc1C(Nc1ccc(OC(F)(F)F)c(Cl)c1)c1ccccc1. The predicted molar refractivity (Wildman–Crippen MR) is 93.3 cm³/mol. The van der Waals surface area contributed by atoms with E-state index in [2.05, 4.69) is 15.0 Å². The summed E-state index contributed by atoms with van der Waals surface area (Å²) >= 11 is 5.94. The zero-order chi connectivity index (χ0) is 18.7. The van der Waals surface area contributed by atoms with Crippen molar-refractivity contribution in [1.29, 1.82) is 0 Å². The number of nitrogens with zero attached hydrogens (tertiary/aromatic N) is 2. The molecule has 1 atom stereocenters. The molecule has 0 aliphatic heterocycles. The van der Waals surface area contributed by atoms with Crippen molar-refractivity contribution in [2.75, 3.05) is 5.32 Å². The maximum absolute atomic E-state index is 12.4. The lowest BCUT2D eigenvalue weighted by Gasteiger charge is -2.21. The van der Waals surface area contributed by atoms with E-state index >= 15 is 0 Å². The lowest BCUT2D eigenvalue weighted by molar-refractivity contribution is -0.274. The Kier molecular flexibility index (Phi) is 5.08. The molecule has 0 amide bonds. The van der Waals surface area contributed by atoms with Crippen LogP contribution in [0.5, 0.6) is 5.75 Å². The summed E-state index contributed by atoms with van der Waals surface area (Å²) < 4.78 is 42.9. The Morgan fingerprint density at radius 3 is 2.46 bits per heavy atom. The van der Waals surface area contributed by atoms with E-state index in [0.29, 0.717) is 5.69 Å². The predicted octanol–water partition coefficient (Wildman–Crippen LogP) is 5.17. The smallest absolute Gasteiger partial charge is 0.404 e. The lowest BCUT2D eigenvalue weighted by Crippen LogP contribution is -2.18. The average molecular weight is 382 g/mol. The van der Waals surface area contributed by atoms with Crippen molar-refractivity contribution in [2.45, 2.75) is 12.4 Å². The van der Waals surface area contributed by atoms with Crippen LogP contribution < -0.4 is 10.1 Å². The minimum absolute atomic E-state index is 0.140. The number of nitrogens with one attached hydrogen (secondary N) is 1. The van der Waals surface area contributed by atoms with Crippen molar-refractivity contribution in [3.8, 4) is 5.75 Å². The first-order chi connectivity index (χ1) is 12.3. The highest BCUT2D eigenvalue weighted by molar-refractivity contribution is 6.32. The van der Waals surface area contributed by atoms with Crippen LogP contribution in [0.25, 0.3) is 0 Å². The van der Waals surface area contributed by atoms with Crippen LogP contribution in [0.3, 0.4) is 0 Å². The van der Waals surface area contributed by atoms with E-state index < -0.39 is 12.1 Å². The Morgan fingerprint density at radius 1 is 1.15 bits per heavy atom. The van der Waals surface area contributed by atoms with Crippen LogP contribution in [-0.2, 0) is 7.05 Å². The summed E-state index contributed by atoms with van der Waals surface area (Å²) in [5.74, 6) is 0.306.